The molecule has 120 valence electrons. The summed E-state index contributed by atoms with van der Waals surface area (Å²) in [5.41, 5.74) is 0.845. The van der Waals surface area contributed by atoms with Gasteiger partial charge in [0.2, 0.25) is 0 Å². The zero-order valence-electron chi connectivity index (χ0n) is 12.2. The Bertz CT molecular complexity index is 488. The van der Waals surface area contributed by atoms with Gasteiger partial charge in [-0.05, 0) is 5.56 Å². The first kappa shape index (κ1) is 16.3. The maximum Gasteiger partial charge on any atom is 0.408 e. The molecule has 22 heavy (non-hydrogen) atoms. The second-order valence-electron chi connectivity index (χ2n) is 5.01. The Morgan fingerprint density at radius 1 is 1.27 bits per heavy atom. The SMILES string of the molecule is O=C(NC(CN1CCOCC1)C(=O)O)OCc1ccccc1. The minimum absolute atomic E-state index is 0.108. The highest BCUT2D eigenvalue weighted by molar-refractivity contribution is 5.80. The number of carbonyl (C=O) groups excluding carboxylic acids is 1. The first-order valence-corrected chi connectivity index (χ1v) is 7.15. The lowest BCUT2D eigenvalue weighted by atomic mass is 10.2. The Morgan fingerprint density at radius 3 is 2.59 bits per heavy atom. The molecule has 1 aliphatic rings. The Balaban J connectivity index is 1.79. The van der Waals surface area contributed by atoms with Gasteiger partial charge < -0.3 is 19.9 Å². The standard InChI is InChI=1S/C15H20N2O5/c18-14(19)13(10-17-6-8-21-9-7-17)16-15(20)22-11-12-4-2-1-3-5-12/h1-5,13H,6-11H2,(H,16,20)(H,18,19). The van der Waals surface area contributed by atoms with E-state index in [0.717, 1.165) is 5.56 Å². The molecule has 0 radical (unpaired) electrons. The highest BCUT2D eigenvalue weighted by atomic mass is 16.5. The molecule has 0 saturated carbocycles. The minimum atomic E-state index is -1.08. The summed E-state index contributed by atoms with van der Waals surface area (Å²) in [4.78, 5) is 24.9. The lowest BCUT2D eigenvalue weighted by Gasteiger charge is -2.29. The second kappa shape index (κ2) is 8.35. The molecule has 1 unspecified atom stereocenters. The lowest BCUT2D eigenvalue weighted by Crippen LogP contribution is -2.51. The van der Waals surface area contributed by atoms with Crippen LogP contribution in [-0.4, -0.2) is 61.0 Å². The summed E-state index contributed by atoms with van der Waals surface area (Å²) in [7, 11) is 0. The Kier molecular flexibility index (Phi) is 6.17. The van der Waals surface area contributed by atoms with Crippen molar-refractivity contribution in [2.45, 2.75) is 12.6 Å². The number of nitrogens with one attached hydrogen (secondary N) is 1. The van der Waals surface area contributed by atoms with E-state index >= 15 is 0 Å². The van der Waals surface area contributed by atoms with Crippen molar-refractivity contribution < 1.29 is 24.2 Å². The molecule has 1 aromatic carbocycles. The molecule has 1 amide bonds. The van der Waals surface area contributed by atoms with Crippen LogP contribution in [0.15, 0.2) is 30.3 Å². The highest BCUT2D eigenvalue weighted by Gasteiger charge is 2.24. The fraction of sp³-hybridized carbons (Fsp3) is 0.467. The number of benzene rings is 1. The van der Waals surface area contributed by atoms with Gasteiger partial charge in [-0.3, -0.25) is 4.90 Å². The van der Waals surface area contributed by atoms with Crippen molar-refractivity contribution in [3.8, 4) is 0 Å². The van der Waals surface area contributed by atoms with Crippen LogP contribution in [0.4, 0.5) is 4.79 Å². The number of morpholine rings is 1. The number of rotatable bonds is 6. The molecule has 1 aliphatic heterocycles. The monoisotopic (exact) mass is 308 g/mol. The number of carboxylic acids is 1. The van der Waals surface area contributed by atoms with Crippen LogP contribution in [0, 0.1) is 0 Å². The number of ether oxygens (including phenoxy) is 2. The summed E-state index contributed by atoms with van der Waals surface area (Å²) >= 11 is 0. The van der Waals surface area contributed by atoms with Gasteiger partial charge in [-0.15, -0.1) is 0 Å². The van der Waals surface area contributed by atoms with E-state index in [4.69, 9.17) is 9.47 Å². The van der Waals surface area contributed by atoms with E-state index in [9.17, 15) is 14.7 Å². The van der Waals surface area contributed by atoms with Crippen LogP contribution < -0.4 is 5.32 Å². The van der Waals surface area contributed by atoms with Crippen molar-refractivity contribution in [2.24, 2.45) is 0 Å². The number of carbonyl (C=O) groups is 2. The molecule has 1 fully saturated rings. The number of amides is 1. The van der Waals surface area contributed by atoms with Gasteiger partial charge in [0, 0.05) is 19.6 Å². The first-order valence-electron chi connectivity index (χ1n) is 7.15. The molecule has 1 heterocycles. The van der Waals surface area contributed by atoms with Crippen molar-refractivity contribution >= 4 is 12.1 Å². The Morgan fingerprint density at radius 2 is 1.95 bits per heavy atom. The molecule has 0 bridgehead atoms. The summed E-state index contributed by atoms with van der Waals surface area (Å²) in [6.07, 6.45) is -0.732. The average molecular weight is 308 g/mol. The van der Waals surface area contributed by atoms with Crippen molar-refractivity contribution in [3.63, 3.8) is 0 Å². The van der Waals surface area contributed by atoms with Gasteiger partial charge in [0.15, 0.2) is 0 Å². The van der Waals surface area contributed by atoms with Crippen LogP contribution >= 0.6 is 0 Å². The van der Waals surface area contributed by atoms with Crippen LogP contribution in [0.25, 0.3) is 0 Å². The van der Waals surface area contributed by atoms with Gasteiger partial charge >= 0.3 is 12.1 Å². The maximum atomic E-state index is 11.7. The molecule has 0 spiro atoms. The molecule has 1 aromatic rings. The number of carboxylic acid groups (broad SMARTS) is 1. The number of hydrogen-bond acceptors (Lipinski definition) is 5. The smallest absolute Gasteiger partial charge is 0.408 e. The van der Waals surface area contributed by atoms with E-state index in [1.54, 1.807) is 0 Å². The third-order valence-corrected chi connectivity index (χ3v) is 3.35. The topological polar surface area (TPSA) is 88.1 Å². The van der Waals surface area contributed by atoms with Gasteiger partial charge in [0.05, 0.1) is 13.2 Å². The number of nitrogens with zero attached hydrogens (tertiary/aromatic N) is 1. The third kappa shape index (κ3) is 5.34. The van der Waals surface area contributed by atoms with E-state index in [2.05, 4.69) is 5.32 Å². The third-order valence-electron chi connectivity index (χ3n) is 3.35. The fourth-order valence-corrected chi connectivity index (χ4v) is 2.13. The van der Waals surface area contributed by atoms with Crippen LogP contribution in [0.1, 0.15) is 5.56 Å². The molecule has 1 saturated heterocycles. The van der Waals surface area contributed by atoms with Crippen molar-refractivity contribution in [3.05, 3.63) is 35.9 Å². The van der Waals surface area contributed by atoms with Crippen molar-refractivity contribution in [2.75, 3.05) is 32.8 Å². The number of aliphatic carboxylic acids is 1. The van der Waals surface area contributed by atoms with Gasteiger partial charge in [-0.1, -0.05) is 30.3 Å². The predicted molar refractivity (Wildman–Crippen MR) is 78.4 cm³/mol. The van der Waals surface area contributed by atoms with Crippen LogP contribution in [0.3, 0.4) is 0 Å². The fourth-order valence-electron chi connectivity index (χ4n) is 2.13. The number of hydrogen-bond donors (Lipinski definition) is 2. The first-order chi connectivity index (χ1) is 10.6. The number of alkyl carbamates (subject to hydrolysis) is 1. The lowest BCUT2D eigenvalue weighted by molar-refractivity contribution is -0.140. The molecule has 7 heteroatoms. The molecular weight excluding hydrogens is 288 g/mol. The largest absolute Gasteiger partial charge is 0.480 e. The molecule has 2 rings (SSSR count). The molecule has 7 nitrogen and oxygen atoms in total. The maximum absolute atomic E-state index is 11.7. The summed E-state index contributed by atoms with van der Waals surface area (Å²) in [5.74, 6) is -1.08. The van der Waals surface area contributed by atoms with E-state index < -0.39 is 18.1 Å². The average Bonchev–Trinajstić information content (AvgIpc) is 2.54. The van der Waals surface area contributed by atoms with Crippen LogP contribution in [-0.2, 0) is 20.9 Å². The van der Waals surface area contributed by atoms with Gasteiger partial charge in [-0.2, -0.15) is 0 Å². The van der Waals surface area contributed by atoms with Gasteiger partial charge in [-0.25, -0.2) is 9.59 Å². The summed E-state index contributed by atoms with van der Waals surface area (Å²) in [6, 6.07) is 8.21. The molecule has 0 aromatic heterocycles. The molecule has 0 aliphatic carbocycles. The molecule has 1 atom stereocenters. The summed E-state index contributed by atoms with van der Waals surface area (Å²) in [6.45, 7) is 2.81. The van der Waals surface area contributed by atoms with E-state index in [1.165, 1.54) is 0 Å². The van der Waals surface area contributed by atoms with Gasteiger partial charge in [0.1, 0.15) is 12.6 Å². The Labute approximate surface area is 128 Å². The predicted octanol–water partition coefficient (Wildman–Crippen LogP) is 0.698. The van der Waals surface area contributed by atoms with Crippen molar-refractivity contribution in [1.82, 2.24) is 10.2 Å². The normalized spacial score (nSPS) is 16.7. The summed E-state index contributed by atoms with van der Waals surface area (Å²) in [5, 5.41) is 11.6. The summed E-state index contributed by atoms with van der Waals surface area (Å²) < 4.78 is 10.3. The molecule has 2 N–H and O–H groups in total. The van der Waals surface area contributed by atoms with E-state index in [0.29, 0.717) is 26.3 Å². The zero-order chi connectivity index (χ0) is 15.8. The minimum Gasteiger partial charge on any atom is -0.480 e. The Hall–Kier alpha value is -2.12. The molecular formula is C15H20N2O5. The van der Waals surface area contributed by atoms with Crippen molar-refractivity contribution in [1.29, 1.82) is 0 Å². The van der Waals surface area contributed by atoms with E-state index in [-0.39, 0.29) is 13.2 Å². The quantitative estimate of drug-likeness (QED) is 0.804. The highest BCUT2D eigenvalue weighted by Crippen LogP contribution is 2.02. The van der Waals surface area contributed by atoms with E-state index in [1.807, 2.05) is 35.2 Å². The van der Waals surface area contributed by atoms with Gasteiger partial charge in [0.25, 0.3) is 0 Å². The second-order valence-corrected chi connectivity index (χ2v) is 5.01. The van der Waals surface area contributed by atoms with Crippen LogP contribution in [0.5, 0.6) is 0 Å². The zero-order valence-corrected chi connectivity index (χ0v) is 12.2. The van der Waals surface area contributed by atoms with Crippen LogP contribution in [0.2, 0.25) is 0 Å².